The van der Waals surface area contributed by atoms with Gasteiger partial charge in [-0.1, -0.05) is 222 Å². The van der Waals surface area contributed by atoms with Crippen LogP contribution in [0.5, 0.6) is 0 Å². The molecule has 0 amide bonds. The molecule has 364 valence electrons. The first-order valence-electron chi connectivity index (χ1n) is 25.2. The molecule has 6 N–H and O–H groups in total. The molecule has 2 heterocycles. The average Bonchev–Trinajstić information content (AvgIpc) is 3.73. The lowest BCUT2D eigenvalue weighted by molar-refractivity contribution is 0.674. The number of benzene rings is 6. The number of hydrogen-bond acceptors (Lipinski definition) is 3. The van der Waals surface area contributed by atoms with Gasteiger partial charge in [0.25, 0.3) is 5.49 Å². The minimum absolute atomic E-state index is 0.643. The van der Waals surface area contributed by atoms with Gasteiger partial charge in [-0.2, -0.15) is 4.58 Å². The lowest BCUT2D eigenvalue weighted by Crippen LogP contribution is -2.40. The van der Waals surface area contributed by atoms with Crippen molar-refractivity contribution in [2.75, 3.05) is 0 Å². The Morgan fingerprint density at radius 1 is 0.746 bits per heavy atom. The van der Waals surface area contributed by atoms with E-state index in [0.29, 0.717) is 5.92 Å². The third kappa shape index (κ3) is 15.2. The van der Waals surface area contributed by atoms with Gasteiger partial charge in [0.15, 0.2) is 0 Å². The zero-order valence-electron chi connectivity index (χ0n) is 43.0. The van der Waals surface area contributed by atoms with Crippen LogP contribution in [0.4, 0.5) is 11.4 Å². The number of rotatable bonds is 12. The summed E-state index contributed by atoms with van der Waals surface area (Å²) in [7, 11) is 0. The molecule has 1 aliphatic carbocycles. The standard InChI is InChI=1S/C43H42N3.C15H18.C6H6.C2H6.H4N2/c1-5-7-8-16-26-45-41-22-14-13-21-38(41)39-25-24-32(4)37-20-12-15-23-42(37)46(43(39)45)36-28-31(3)27-35(29-36)34(17-6-2)30-40(44)33-18-10-9-11-19-33;1-13(15-10-6-3-7-11-15)12-14-8-4-2-5-9-14;1-2-4-6-5-3-1;2*1-2/h5,7-15,17-25,27-30H,1,6,16,26,44H2,2-4H3;2-4,6-8,10-11,13H,5,9,12H2,1H3;1-6H;1-2H3;1-2H2/q+1;;;;/b8-7-,25-24?,32-24+,34-17+,37-32?,39-25-,40-30-;;;;. The van der Waals surface area contributed by atoms with Gasteiger partial charge in [-0.15, -0.1) is 0 Å². The molecule has 1 aromatic heterocycles. The first kappa shape index (κ1) is 54.4. The van der Waals surface area contributed by atoms with Crippen LogP contribution in [0.25, 0.3) is 33.8 Å². The SMILES string of the molecule is C=C/C=C\CCn1c2/c(c3ccccc31)=C\C=C(/C)c1ccccc1[N+]=2c1cc(C)cc(C(/C=C(\N)c2ccccc2)=C/CC)c1.CC.CC(CC1=CC=CCC1)c1ccccc1.NN.c1ccccc1. The van der Waals surface area contributed by atoms with Gasteiger partial charge in [0.05, 0.1) is 11.8 Å². The van der Waals surface area contributed by atoms with Crippen LogP contribution in [-0.2, 0) is 6.54 Å². The summed E-state index contributed by atoms with van der Waals surface area (Å²) in [5.41, 5.74) is 22.1. The molecule has 2 aliphatic rings. The highest BCUT2D eigenvalue weighted by Gasteiger charge is 2.25. The largest absolute Gasteiger partial charge is 0.398 e. The van der Waals surface area contributed by atoms with E-state index >= 15 is 0 Å². The Labute approximate surface area is 425 Å². The Bertz CT molecular complexity index is 3050. The van der Waals surface area contributed by atoms with Crippen LogP contribution in [-0.4, -0.2) is 4.57 Å². The Morgan fingerprint density at radius 3 is 2.04 bits per heavy atom. The molecule has 5 nitrogen and oxygen atoms in total. The van der Waals surface area contributed by atoms with E-state index in [1.54, 1.807) is 5.57 Å². The first-order valence-corrected chi connectivity index (χ1v) is 25.2. The van der Waals surface area contributed by atoms with Crippen molar-refractivity contribution >= 4 is 45.2 Å². The molecule has 1 unspecified atom stereocenters. The van der Waals surface area contributed by atoms with Crippen molar-refractivity contribution in [3.8, 4) is 0 Å². The number of para-hydroxylation sites is 2. The van der Waals surface area contributed by atoms with Gasteiger partial charge >= 0.3 is 0 Å². The summed E-state index contributed by atoms with van der Waals surface area (Å²) in [6.07, 6.45) is 27.2. The summed E-state index contributed by atoms with van der Waals surface area (Å²) in [5.74, 6) is 8.64. The number of nitrogens with zero attached hydrogens (tertiary/aromatic N) is 2. The Balaban J connectivity index is 0.000000306. The van der Waals surface area contributed by atoms with Gasteiger partial charge in [-0.3, -0.25) is 11.7 Å². The van der Waals surface area contributed by atoms with E-state index in [9.17, 15) is 0 Å². The first-order chi connectivity index (χ1) is 34.9. The van der Waals surface area contributed by atoms with E-state index < -0.39 is 0 Å². The molecule has 9 rings (SSSR count). The van der Waals surface area contributed by atoms with Crippen molar-refractivity contribution in [3.05, 3.63) is 269 Å². The van der Waals surface area contributed by atoms with Crippen LogP contribution in [0.15, 0.2) is 231 Å². The second-order valence-corrected chi connectivity index (χ2v) is 17.3. The van der Waals surface area contributed by atoms with Gasteiger partial charge in [-0.05, 0) is 121 Å². The highest BCUT2D eigenvalue weighted by molar-refractivity contribution is 5.87. The van der Waals surface area contributed by atoms with Gasteiger partial charge in [0, 0.05) is 23.1 Å². The Hall–Kier alpha value is -7.57. The number of fused-ring (bicyclic) bond motifs is 4. The Morgan fingerprint density at radius 2 is 1.38 bits per heavy atom. The quantitative estimate of drug-likeness (QED) is 0.0494. The molecule has 5 heteroatoms. The molecule has 0 fully saturated rings. The molecular weight excluding hydrogens is 863 g/mol. The highest BCUT2D eigenvalue weighted by atomic mass is 15.1. The second-order valence-electron chi connectivity index (χ2n) is 17.3. The van der Waals surface area contributed by atoms with Crippen molar-refractivity contribution in [2.24, 2.45) is 17.4 Å². The average molecular weight is 939 g/mol. The lowest BCUT2D eigenvalue weighted by atomic mass is 9.90. The number of hydrazine groups is 1. The molecule has 0 saturated carbocycles. The smallest absolute Gasteiger partial charge is 0.295 e. The van der Waals surface area contributed by atoms with Crippen molar-refractivity contribution < 1.29 is 0 Å². The number of hydrogen-bond donors (Lipinski definition) is 3. The predicted octanol–water partition coefficient (Wildman–Crippen LogP) is 15.2. The van der Waals surface area contributed by atoms with Crippen LogP contribution in [0.1, 0.15) is 100 Å². The summed E-state index contributed by atoms with van der Waals surface area (Å²) >= 11 is 0. The van der Waals surface area contributed by atoms with E-state index in [2.05, 4.69) is 213 Å². The van der Waals surface area contributed by atoms with Crippen molar-refractivity contribution in [2.45, 2.75) is 86.1 Å². The van der Waals surface area contributed by atoms with Crippen LogP contribution >= 0.6 is 0 Å². The van der Waals surface area contributed by atoms with Gasteiger partial charge in [0.1, 0.15) is 16.9 Å². The van der Waals surface area contributed by atoms with Crippen LogP contribution < -0.4 is 32.7 Å². The maximum absolute atomic E-state index is 6.68. The highest BCUT2D eigenvalue weighted by Crippen LogP contribution is 2.33. The molecule has 0 spiro atoms. The fourth-order valence-electron chi connectivity index (χ4n) is 8.94. The second kappa shape index (κ2) is 29.5. The van der Waals surface area contributed by atoms with Crippen molar-refractivity contribution in [3.63, 3.8) is 0 Å². The fraction of sp³-hybridized carbons (Fsp3) is 0.197. The van der Waals surface area contributed by atoms with Gasteiger partial charge in [0.2, 0.25) is 0 Å². The molecule has 71 heavy (non-hydrogen) atoms. The summed E-state index contributed by atoms with van der Waals surface area (Å²) in [4.78, 5) is 0. The van der Waals surface area contributed by atoms with E-state index in [1.807, 2.05) is 80.6 Å². The molecule has 0 bridgehead atoms. The third-order valence-corrected chi connectivity index (χ3v) is 12.3. The zero-order chi connectivity index (χ0) is 50.8. The maximum atomic E-state index is 6.68. The summed E-state index contributed by atoms with van der Waals surface area (Å²) in [6.45, 7) is 17.6. The number of aryl methyl sites for hydroxylation is 2. The number of nitrogens with two attached hydrogens (primary N) is 3. The van der Waals surface area contributed by atoms with Crippen molar-refractivity contribution in [1.82, 2.24) is 9.14 Å². The van der Waals surface area contributed by atoms with Crippen molar-refractivity contribution in [1.29, 1.82) is 0 Å². The molecule has 0 saturated heterocycles. The zero-order valence-corrected chi connectivity index (χ0v) is 43.0. The Kier molecular flexibility index (Phi) is 22.6. The molecule has 6 aromatic carbocycles. The van der Waals surface area contributed by atoms with Gasteiger partial charge < -0.3 is 5.73 Å². The number of aromatic nitrogens is 1. The van der Waals surface area contributed by atoms with Gasteiger partial charge in [-0.25, -0.2) is 4.57 Å². The molecule has 1 atom stereocenters. The normalized spacial score (nSPS) is 14.5. The maximum Gasteiger partial charge on any atom is 0.295 e. The summed E-state index contributed by atoms with van der Waals surface area (Å²) < 4.78 is 4.96. The van der Waals surface area contributed by atoms with Crippen LogP contribution in [0.2, 0.25) is 0 Å². The van der Waals surface area contributed by atoms with E-state index in [1.165, 1.54) is 63.1 Å². The molecule has 0 radical (unpaired) electrons. The predicted molar refractivity (Wildman–Crippen MR) is 310 cm³/mol. The molecular formula is C66H76N5+. The molecule has 7 aromatic rings. The topological polar surface area (TPSA) is 86.0 Å². The minimum atomic E-state index is 0.643. The molecule has 1 aliphatic heterocycles. The number of allylic oxidation sites excluding steroid dienone is 12. The lowest BCUT2D eigenvalue weighted by Gasteiger charge is -2.16. The monoisotopic (exact) mass is 939 g/mol. The fourth-order valence-corrected chi connectivity index (χ4v) is 8.94. The van der Waals surface area contributed by atoms with E-state index in [0.717, 1.165) is 53.2 Å². The minimum Gasteiger partial charge on any atom is -0.398 e. The van der Waals surface area contributed by atoms with E-state index in [4.69, 9.17) is 5.73 Å². The third-order valence-electron chi connectivity index (χ3n) is 12.3. The van der Waals surface area contributed by atoms with Crippen LogP contribution in [0, 0.1) is 6.92 Å². The van der Waals surface area contributed by atoms with E-state index in [-0.39, 0.29) is 0 Å². The summed E-state index contributed by atoms with van der Waals surface area (Å²) in [6, 6.07) is 57.4. The summed E-state index contributed by atoms with van der Waals surface area (Å²) in [5, 5.41) is 2.47. The van der Waals surface area contributed by atoms with Crippen LogP contribution in [0.3, 0.4) is 0 Å².